The summed E-state index contributed by atoms with van der Waals surface area (Å²) < 4.78 is 7.94. The van der Waals surface area contributed by atoms with Gasteiger partial charge in [0.1, 0.15) is 12.7 Å². The second kappa shape index (κ2) is 9.53. The van der Waals surface area contributed by atoms with Gasteiger partial charge in [0, 0.05) is 25.5 Å². The summed E-state index contributed by atoms with van der Waals surface area (Å²) in [5.74, 6) is -0.104. The molecule has 3 aromatic rings. The summed E-state index contributed by atoms with van der Waals surface area (Å²) in [5.41, 5.74) is 2.07. The van der Waals surface area contributed by atoms with Crippen LogP contribution in [0.4, 0.5) is 0 Å². The quantitative estimate of drug-likeness (QED) is 0.604. The van der Waals surface area contributed by atoms with Gasteiger partial charge in [0.15, 0.2) is 0 Å². The minimum absolute atomic E-state index is 0.0273. The fourth-order valence-electron chi connectivity index (χ4n) is 2.76. The van der Waals surface area contributed by atoms with E-state index in [-0.39, 0.29) is 18.6 Å². The Bertz CT molecular complexity index is 734. The van der Waals surface area contributed by atoms with Gasteiger partial charge in [-0.15, -0.1) is 0 Å². The van der Waals surface area contributed by atoms with E-state index in [1.165, 1.54) is 0 Å². The third-order valence-electron chi connectivity index (χ3n) is 4.06. The topological polar surface area (TPSA) is 56.1 Å². The van der Waals surface area contributed by atoms with Gasteiger partial charge in [-0.25, -0.2) is 4.98 Å². The molecule has 0 aliphatic carbocycles. The number of nitrogens with one attached hydrogen (secondary N) is 1. The number of hydrogen-bond donors (Lipinski definition) is 1. The average molecular weight is 349 g/mol. The number of imidazole rings is 1. The van der Waals surface area contributed by atoms with Gasteiger partial charge >= 0.3 is 0 Å². The molecule has 0 radical (unpaired) electrons. The largest absolute Gasteiger partial charge is 0.359 e. The summed E-state index contributed by atoms with van der Waals surface area (Å²) in [6.07, 6.45) is 6.03. The summed E-state index contributed by atoms with van der Waals surface area (Å²) in [7, 11) is 0. The molecular formula is C21H23N3O2. The number of hydrogen-bond acceptors (Lipinski definition) is 3. The van der Waals surface area contributed by atoms with Crippen molar-refractivity contribution in [3.8, 4) is 0 Å². The van der Waals surface area contributed by atoms with Crippen LogP contribution in [0.1, 0.15) is 23.7 Å². The molecule has 1 amide bonds. The summed E-state index contributed by atoms with van der Waals surface area (Å²) >= 11 is 0. The van der Waals surface area contributed by atoms with Crippen molar-refractivity contribution in [3.05, 3.63) is 90.5 Å². The smallest absolute Gasteiger partial charge is 0.246 e. The van der Waals surface area contributed by atoms with E-state index in [4.69, 9.17) is 4.74 Å². The second-order valence-electron chi connectivity index (χ2n) is 6.02. The van der Waals surface area contributed by atoms with E-state index in [0.29, 0.717) is 6.54 Å². The predicted molar refractivity (Wildman–Crippen MR) is 101 cm³/mol. The van der Waals surface area contributed by atoms with Gasteiger partial charge in [0.25, 0.3) is 0 Å². The molecule has 0 saturated carbocycles. The molecule has 0 bridgehead atoms. The molecular weight excluding hydrogens is 326 g/mol. The zero-order valence-electron chi connectivity index (χ0n) is 14.6. The monoisotopic (exact) mass is 349 g/mol. The molecule has 0 aliphatic heterocycles. The standard InChI is InChI=1S/C21H23N3O2/c25-20(23-12-7-14-24-15-13-22-17-24)16-26-21(18-8-3-1-4-9-18)19-10-5-2-6-11-19/h1-6,8-11,13,15,17,21H,7,12,14,16H2,(H,23,25). The van der Waals surface area contributed by atoms with E-state index < -0.39 is 0 Å². The molecule has 0 aliphatic rings. The number of rotatable bonds is 9. The fourth-order valence-corrected chi connectivity index (χ4v) is 2.76. The SMILES string of the molecule is O=C(COC(c1ccccc1)c1ccccc1)NCCCn1ccnc1. The zero-order valence-corrected chi connectivity index (χ0v) is 14.6. The van der Waals surface area contributed by atoms with Crippen LogP contribution >= 0.6 is 0 Å². The highest BCUT2D eigenvalue weighted by Crippen LogP contribution is 2.25. The third-order valence-corrected chi connectivity index (χ3v) is 4.06. The average Bonchev–Trinajstić information content (AvgIpc) is 3.21. The van der Waals surface area contributed by atoms with Gasteiger partial charge in [-0.05, 0) is 17.5 Å². The van der Waals surface area contributed by atoms with Crippen molar-refractivity contribution in [1.82, 2.24) is 14.9 Å². The Morgan fingerprint density at radius 1 is 1.04 bits per heavy atom. The number of carbonyl (C=O) groups excluding carboxylic acids is 1. The number of aromatic nitrogens is 2. The minimum Gasteiger partial charge on any atom is -0.359 e. The van der Waals surface area contributed by atoms with Crippen LogP contribution in [0.2, 0.25) is 0 Å². The molecule has 5 nitrogen and oxygen atoms in total. The number of carbonyl (C=O) groups is 1. The van der Waals surface area contributed by atoms with Crippen LogP contribution in [-0.2, 0) is 16.1 Å². The van der Waals surface area contributed by atoms with Crippen LogP contribution in [-0.4, -0.2) is 28.6 Å². The normalized spacial score (nSPS) is 10.8. The maximum Gasteiger partial charge on any atom is 0.246 e. The number of nitrogens with zero attached hydrogens (tertiary/aromatic N) is 2. The predicted octanol–water partition coefficient (Wildman–Crippen LogP) is 3.20. The number of ether oxygens (including phenoxy) is 1. The molecule has 1 aromatic heterocycles. The first-order valence-electron chi connectivity index (χ1n) is 8.77. The molecule has 2 aromatic carbocycles. The van der Waals surface area contributed by atoms with Crippen molar-refractivity contribution in [2.75, 3.05) is 13.2 Å². The second-order valence-corrected chi connectivity index (χ2v) is 6.02. The highest BCUT2D eigenvalue weighted by molar-refractivity contribution is 5.77. The zero-order chi connectivity index (χ0) is 18.0. The Kier molecular flexibility index (Phi) is 6.56. The molecule has 5 heteroatoms. The van der Waals surface area contributed by atoms with Crippen LogP contribution in [0, 0.1) is 0 Å². The van der Waals surface area contributed by atoms with E-state index in [2.05, 4.69) is 10.3 Å². The lowest BCUT2D eigenvalue weighted by molar-refractivity contribution is -0.127. The summed E-state index contributed by atoms with van der Waals surface area (Å²) in [4.78, 5) is 16.1. The lowest BCUT2D eigenvalue weighted by Gasteiger charge is -2.18. The lowest BCUT2D eigenvalue weighted by atomic mass is 10.0. The molecule has 134 valence electrons. The van der Waals surface area contributed by atoms with Gasteiger partial charge in [-0.1, -0.05) is 60.7 Å². The molecule has 1 N–H and O–H groups in total. The van der Waals surface area contributed by atoms with Crippen LogP contribution in [0.5, 0.6) is 0 Å². The molecule has 0 saturated heterocycles. The van der Waals surface area contributed by atoms with Crippen LogP contribution in [0.25, 0.3) is 0 Å². The van der Waals surface area contributed by atoms with Crippen molar-refractivity contribution >= 4 is 5.91 Å². The Hall–Kier alpha value is -2.92. The van der Waals surface area contributed by atoms with E-state index in [1.807, 2.05) is 71.4 Å². The maximum atomic E-state index is 12.1. The molecule has 3 rings (SSSR count). The Morgan fingerprint density at radius 3 is 2.27 bits per heavy atom. The van der Waals surface area contributed by atoms with Crippen LogP contribution in [0.3, 0.4) is 0 Å². The minimum atomic E-state index is -0.255. The first-order valence-corrected chi connectivity index (χ1v) is 8.77. The van der Waals surface area contributed by atoms with E-state index in [1.54, 1.807) is 12.5 Å². The Balaban J connectivity index is 1.50. The third kappa shape index (κ3) is 5.29. The Labute approximate surface area is 153 Å². The van der Waals surface area contributed by atoms with Crippen molar-refractivity contribution in [2.24, 2.45) is 0 Å². The number of aryl methyl sites for hydroxylation is 1. The highest BCUT2D eigenvalue weighted by Gasteiger charge is 2.15. The van der Waals surface area contributed by atoms with Gasteiger partial charge in [-0.2, -0.15) is 0 Å². The van der Waals surface area contributed by atoms with E-state index in [0.717, 1.165) is 24.1 Å². The molecule has 0 spiro atoms. The van der Waals surface area contributed by atoms with Crippen molar-refractivity contribution in [1.29, 1.82) is 0 Å². The number of amides is 1. The van der Waals surface area contributed by atoms with Crippen molar-refractivity contribution < 1.29 is 9.53 Å². The molecule has 1 heterocycles. The van der Waals surface area contributed by atoms with Crippen LogP contribution < -0.4 is 5.32 Å². The van der Waals surface area contributed by atoms with Crippen molar-refractivity contribution in [3.63, 3.8) is 0 Å². The Morgan fingerprint density at radius 2 is 1.69 bits per heavy atom. The lowest BCUT2D eigenvalue weighted by Crippen LogP contribution is -2.29. The van der Waals surface area contributed by atoms with Gasteiger partial charge < -0.3 is 14.6 Å². The molecule has 0 unspecified atom stereocenters. The summed E-state index contributed by atoms with van der Waals surface area (Å²) in [5, 5.41) is 2.91. The fraction of sp³-hybridized carbons (Fsp3) is 0.238. The highest BCUT2D eigenvalue weighted by atomic mass is 16.5. The van der Waals surface area contributed by atoms with Gasteiger partial charge in [0.2, 0.25) is 5.91 Å². The number of benzene rings is 2. The maximum absolute atomic E-state index is 12.1. The first-order chi connectivity index (χ1) is 12.8. The first kappa shape index (κ1) is 17.9. The van der Waals surface area contributed by atoms with Gasteiger partial charge in [-0.3, -0.25) is 4.79 Å². The summed E-state index contributed by atoms with van der Waals surface area (Å²) in [6.45, 7) is 1.47. The molecule has 0 atom stereocenters. The van der Waals surface area contributed by atoms with E-state index in [9.17, 15) is 4.79 Å². The molecule has 0 fully saturated rings. The van der Waals surface area contributed by atoms with Crippen LogP contribution in [0.15, 0.2) is 79.4 Å². The summed E-state index contributed by atoms with van der Waals surface area (Å²) in [6, 6.07) is 19.9. The van der Waals surface area contributed by atoms with E-state index >= 15 is 0 Å². The molecule has 26 heavy (non-hydrogen) atoms. The van der Waals surface area contributed by atoms with Crippen molar-refractivity contribution in [2.45, 2.75) is 19.1 Å². The van der Waals surface area contributed by atoms with Gasteiger partial charge in [0.05, 0.1) is 6.33 Å².